The Kier molecular flexibility index (Phi) is 11.7. The molecule has 0 aromatic heterocycles. The molecule has 5 unspecified atom stereocenters. The summed E-state index contributed by atoms with van der Waals surface area (Å²) >= 11 is 0. The molecule has 0 saturated heterocycles. The van der Waals surface area contributed by atoms with Crippen molar-refractivity contribution in [1.29, 1.82) is 0 Å². The van der Waals surface area contributed by atoms with Crippen molar-refractivity contribution in [1.82, 2.24) is 0 Å². The summed E-state index contributed by atoms with van der Waals surface area (Å²) in [5, 5.41) is 30.8. The molecule has 2 rings (SSSR count). The molecule has 0 spiro atoms. The van der Waals surface area contributed by atoms with Crippen molar-refractivity contribution in [2.75, 3.05) is 0 Å². The molecule has 3 N–H and O–H groups in total. The number of hydrogen-bond donors (Lipinski definition) is 3. The molecule has 0 heterocycles. The van der Waals surface area contributed by atoms with E-state index in [-0.39, 0.29) is 29.3 Å². The second kappa shape index (κ2) is 12.7. The predicted molar refractivity (Wildman–Crippen MR) is 137 cm³/mol. The summed E-state index contributed by atoms with van der Waals surface area (Å²) in [6.45, 7) is 12.9. The van der Waals surface area contributed by atoms with Gasteiger partial charge in [-0.1, -0.05) is 65.2 Å². The van der Waals surface area contributed by atoms with Gasteiger partial charge in [0.1, 0.15) is 0 Å². The first-order valence-corrected chi connectivity index (χ1v) is 13.7. The number of fused-ring (bicyclic) bond motifs is 1. The lowest BCUT2D eigenvalue weighted by molar-refractivity contribution is -0.228. The third kappa shape index (κ3) is 8.64. The molecule has 0 aromatic carbocycles. The Balaban J connectivity index is 0.00000298. The molecule has 0 aromatic rings. The van der Waals surface area contributed by atoms with Crippen LogP contribution < -0.4 is 0 Å². The first kappa shape index (κ1) is 32.3. The lowest BCUT2D eigenvalue weighted by Gasteiger charge is -2.55. The van der Waals surface area contributed by atoms with Crippen LogP contribution in [0.25, 0.3) is 0 Å². The molecule has 206 valence electrons. The Morgan fingerprint density at radius 2 is 1.51 bits per heavy atom. The van der Waals surface area contributed by atoms with Gasteiger partial charge in [-0.2, -0.15) is 13.2 Å². The average Bonchev–Trinajstić information content (AvgIpc) is 2.89. The molecule has 2 fully saturated rings. The van der Waals surface area contributed by atoms with E-state index in [1.165, 1.54) is 0 Å². The van der Waals surface area contributed by atoms with Crippen molar-refractivity contribution in [2.24, 2.45) is 22.7 Å². The summed E-state index contributed by atoms with van der Waals surface area (Å²) < 4.78 is 38.9. The van der Waals surface area contributed by atoms with E-state index in [2.05, 4.69) is 19.8 Å². The van der Waals surface area contributed by atoms with Crippen molar-refractivity contribution in [3.63, 3.8) is 0 Å². The van der Waals surface area contributed by atoms with Crippen molar-refractivity contribution in [3.8, 4) is 11.8 Å². The van der Waals surface area contributed by atoms with E-state index in [4.69, 9.17) is 0 Å². The van der Waals surface area contributed by atoms with Crippen LogP contribution in [0.15, 0.2) is 0 Å². The van der Waals surface area contributed by atoms with E-state index in [0.717, 1.165) is 57.8 Å². The summed E-state index contributed by atoms with van der Waals surface area (Å²) in [4.78, 5) is 0. The SMILES string of the molecule is CC.CC(C)(O)CCCC(C)(CCC#CC(C)(O)C(F)(F)F)[C@H]1CCCC2C(O)CCCCC21C. The number of aliphatic hydroxyl groups is 3. The molecule has 2 aliphatic rings. The van der Waals surface area contributed by atoms with Gasteiger partial charge in [0.05, 0.1) is 11.7 Å². The predicted octanol–water partition coefficient (Wildman–Crippen LogP) is 7.41. The summed E-state index contributed by atoms with van der Waals surface area (Å²) in [6.07, 6.45) is 5.37. The molecule has 0 amide bonds. The highest BCUT2D eigenvalue weighted by atomic mass is 19.4. The van der Waals surface area contributed by atoms with E-state index >= 15 is 0 Å². The first-order chi connectivity index (χ1) is 16.0. The van der Waals surface area contributed by atoms with Gasteiger partial charge in [-0.05, 0) is 88.4 Å². The van der Waals surface area contributed by atoms with Gasteiger partial charge in [-0.25, -0.2) is 0 Å². The topological polar surface area (TPSA) is 60.7 Å². The van der Waals surface area contributed by atoms with Gasteiger partial charge in [0, 0.05) is 6.42 Å². The van der Waals surface area contributed by atoms with Crippen molar-refractivity contribution < 1.29 is 28.5 Å². The van der Waals surface area contributed by atoms with Crippen LogP contribution >= 0.6 is 0 Å². The second-order valence-corrected chi connectivity index (χ2v) is 12.1. The van der Waals surface area contributed by atoms with E-state index in [1.807, 2.05) is 19.8 Å². The molecule has 0 radical (unpaired) electrons. The zero-order chi connectivity index (χ0) is 27.1. The zero-order valence-electron chi connectivity index (χ0n) is 23.2. The van der Waals surface area contributed by atoms with Crippen LogP contribution in [0.1, 0.15) is 126 Å². The maximum atomic E-state index is 13.0. The standard InChI is InChI=1S/C27H45F3O3.C2H6/c1-23(2,32)15-11-17-24(3,16-8-9-19-26(5,33)27(28,29)30)22-14-10-12-20-21(31)13-6-7-18-25(20,22)4;1-2/h20-22,31-33H,6-8,10-18H2,1-5H3;1-2H3/t20?,21?,22-,24?,25?,26?;/m1./s1. The molecule has 2 saturated carbocycles. The lowest BCUT2D eigenvalue weighted by Crippen LogP contribution is -2.49. The highest BCUT2D eigenvalue weighted by Crippen LogP contribution is 2.60. The van der Waals surface area contributed by atoms with E-state index < -0.39 is 17.4 Å². The summed E-state index contributed by atoms with van der Waals surface area (Å²) in [7, 11) is 0. The zero-order valence-corrected chi connectivity index (χ0v) is 23.2. The van der Waals surface area contributed by atoms with Crippen LogP contribution in [-0.4, -0.2) is 38.8 Å². The number of aliphatic hydroxyl groups excluding tert-OH is 1. The number of alkyl halides is 3. The Morgan fingerprint density at radius 3 is 2.09 bits per heavy atom. The minimum absolute atomic E-state index is 0.0114. The average molecular weight is 505 g/mol. The van der Waals surface area contributed by atoms with Crippen LogP contribution in [0, 0.1) is 34.5 Å². The molecular formula is C29H51F3O3. The maximum Gasteiger partial charge on any atom is 0.428 e. The van der Waals surface area contributed by atoms with Gasteiger partial charge >= 0.3 is 6.18 Å². The summed E-state index contributed by atoms with van der Waals surface area (Å²) in [6, 6.07) is 0. The van der Waals surface area contributed by atoms with Crippen molar-refractivity contribution in [2.45, 2.75) is 149 Å². The van der Waals surface area contributed by atoms with Crippen molar-refractivity contribution in [3.05, 3.63) is 0 Å². The number of halogens is 3. The Labute approximate surface area is 212 Å². The van der Waals surface area contributed by atoms with E-state index in [0.29, 0.717) is 25.7 Å². The molecule has 35 heavy (non-hydrogen) atoms. The molecule has 6 atom stereocenters. The second-order valence-electron chi connectivity index (χ2n) is 12.1. The van der Waals surface area contributed by atoms with Gasteiger partial charge < -0.3 is 15.3 Å². The number of rotatable bonds is 7. The molecule has 2 aliphatic carbocycles. The summed E-state index contributed by atoms with van der Waals surface area (Å²) in [5.74, 6) is 5.25. The fourth-order valence-electron chi connectivity index (χ4n) is 6.71. The Morgan fingerprint density at radius 1 is 0.886 bits per heavy atom. The number of hydrogen-bond acceptors (Lipinski definition) is 3. The van der Waals surface area contributed by atoms with Gasteiger partial charge in [-0.15, -0.1) is 0 Å². The van der Waals surface area contributed by atoms with E-state index in [1.54, 1.807) is 13.8 Å². The smallest absolute Gasteiger partial charge is 0.393 e. The molecule has 6 heteroatoms. The van der Waals surface area contributed by atoms with Crippen LogP contribution in [0.5, 0.6) is 0 Å². The molecule has 0 aliphatic heterocycles. The van der Waals surface area contributed by atoms with Gasteiger partial charge in [0.25, 0.3) is 0 Å². The van der Waals surface area contributed by atoms with Gasteiger partial charge in [0.15, 0.2) is 0 Å². The third-order valence-electron chi connectivity index (χ3n) is 8.66. The largest absolute Gasteiger partial charge is 0.428 e. The normalized spacial score (nSPS) is 30.8. The fourth-order valence-corrected chi connectivity index (χ4v) is 6.71. The molecular weight excluding hydrogens is 453 g/mol. The molecule has 0 bridgehead atoms. The minimum Gasteiger partial charge on any atom is -0.393 e. The highest BCUT2D eigenvalue weighted by Gasteiger charge is 2.53. The minimum atomic E-state index is -4.78. The highest BCUT2D eigenvalue weighted by molar-refractivity contribution is 5.15. The Bertz CT molecular complexity index is 701. The fraction of sp³-hybridized carbons (Fsp3) is 0.931. The summed E-state index contributed by atoms with van der Waals surface area (Å²) in [5.41, 5.74) is -3.94. The van der Waals surface area contributed by atoms with Crippen LogP contribution in [0.4, 0.5) is 13.2 Å². The van der Waals surface area contributed by atoms with Crippen LogP contribution in [0.3, 0.4) is 0 Å². The van der Waals surface area contributed by atoms with Gasteiger partial charge in [-0.3, -0.25) is 0 Å². The van der Waals surface area contributed by atoms with Crippen molar-refractivity contribution >= 4 is 0 Å². The van der Waals surface area contributed by atoms with Gasteiger partial charge in [0.2, 0.25) is 5.60 Å². The van der Waals surface area contributed by atoms with E-state index in [9.17, 15) is 28.5 Å². The monoisotopic (exact) mass is 504 g/mol. The van der Waals surface area contributed by atoms with Crippen LogP contribution in [-0.2, 0) is 0 Å². The lowest BCUT2D eigenvalue weighted by atomic mass is 9.50. The third-order valence-corrected chi connectivity index (χ3v) is 8.66. The quantitative estimate of drug-likeness (QED) is 0.316. The molecule has 3 nitrogen and oxygen atoms in total. The van der Waals surface area contributed by atoms with Crippen LogP contribution in [0.2, 0.25) is 0 Å². The Hall–Kier alpha value is -0.770. The maximum absolute atomic E-state index is 13.0. The first-order valence-electron chi connectivity index (χ1n) is 13.7.